The molecule has 4 rings (SSSR count). The average molecular weight is 313 g/mol. The maximum absolute atomic E-state index is 6.01. The highest BCUT2D eigenvalue weighted by Gasteiger charge is 2.23. The van der Waals surface area contributed by atoms with Crippen LogP contribution < -0.4 is 14.4 Å². The van der Waals surface area contributed by atoms with Crippen molar-refractivity contribution in [3.63, 3.8) is 0 Å². The Morgan fingerprint density at radius 2 is 2.09 bits per heavy atom. The fraction of sp³-hybridized carbons (Fsp3) is 0.250. The van der Waals surface area contributed by atoms with Gasteiger partial charge in [0.25, 0.3) is 0 Å². The highest BCUT2D eigenvalue weighted by molar-refractivity contribution is 7.16. The summed E-state index contributed by atoms with van der Waals surface area (Å²) in [5.41, 5.74) is 0. The number of anilines is 1. The van der Waals surface area contributed by atoms with E-state index >= 15 is 0 Å². The second-order valence-electron chi connectivity index (χ2n) is 5.21. The predicted molar refractivity (Wildman–Crippen MR) is 87.0 cm³/mol. The molecule has 0 spiro atoms. The molecule has 0 saturated carbocycles. The van der Waals surface area contributed by atoms with Gasteiger partial charge in [0.15, 0.2) is 17.6 Å². The van der Waals surface area contributed by atoms with E-state index in [2.05, 4.69) is 20.9 Å². The fourth-order valence-corrected chi connectivity index (χ4v) is 3.35. The molecule has 1 atom stereocenters. The first-order valence-electron chi connectivity index (χ1n) is 7.09. The first-order valence-corrected chi connectivity index (χ1v) is 7.97. The zero-order valence-electron chi connectivity index (χ0n) is 12.1. The topological polar surface area (TPSA) is 47.5 Å². The monoisotopic (exact) mass is 313 g/mol. The fourth-order valence-electron chi connectivity index (χ4n) is 2.63. The molecular weight excluding hydrogens is 298 g/mol. The van der Waals surface area contributed by atoms with E-state index in [1.807, 2.05) is 36.7 Å². The first kappa shape index (κ1) is 13.3. The van der Waals surface area contributed by atoms with Gasteiger partial charge in [-0.15, -0.1) is 11.3 Å². The van der Waals surface area contributed by atoms with E-state index in [9.17, 15) is 0 Å². The number of para-hydroxylation sites is 2. The number of likely N-dealkylation sites (N-methyl/N-ethyl adjacent to an activating group) is 1. The van der Waals surface area contributed by atoms with Gasteiger partial charge < -0.3 is 14.4 Å². The number of thiophene rings is 1. The van der Waals surface area contributed by atoms with Crippen molar-refractivity contribution in [2.75, 3.05) is 25.1 Å². The van der Waals surface area contributed by atoms with Gasteiger partial charge in [0, 0.05) is 7.05 Å². The molecule has 6 heteroatoms. The van der Waals surface area contributed by atoms with Gasteiger partial charge in [0.2, 0.25) is 0 Å². The molecular formula is C16H15N3O2S. The number of ether oxygens (including phenoxy) is 2. The molecule has 0 amide bonds. The van der Waals surface area contributed by atoms with E-state index in [0.29, 0.717) is 13.2 Å². The van der Waals surface area contributed by atoms with Gasteiger partial charge >= 0.3 is 0 Å². The van der Waals surface area contributed by atoms with E-state index < -0.39 is 0 Å². The first-order chi connectivity index (χ1) is 10.8. The molecule has 5 nitrogen and oxygen atoms in total. The maximum Gasteiger partial charge on any atom is 0.161 e. The van der Waals surface area contributed by atoms with Crippen LogP contribution >= 0.6 is 11.3 Å². The molecule has 0 fully saturated rings. The standard InChI is InChI=1S/C16H15N3O2S/c1-19(15-12-6-7-22-16(12)18-10-17-15)8-11-9-20-13-4-2-3-5-14(13)21-11/h2-7,10-11H,8-9H2,1H3/t11-/m0/s1. The van der Waals surface area contributed by atoms with E-state index in [-0.39, 0.29) is 6.10 Å². The van der Waals surface area contributed by atoms with Crippen LogP contribution in [0.5, 0.6) is 11.5 Å². The van der Waals surface area contributed by atoms with Crippen molar-refractivity contribution in [3.8, 4) is 11.5 Å². The second kappa shape index (κ2) is 5.46. The largest absolute Gasteiger partial charge is 0.486 e. The zero-order valence-corrected chi connectivity index (χ0v) is 12.9. The Bertz CT molecular complexity index is 805. The third-order valence-corrected chi connectivity index (χ3v) is 4.47. The van der Waals surface area contributed by atoms with Gasteiger partial charge in [-0.05, 0) is 23.6 Å². The van der Waals surface area contributed by atoms with E-state index in [1.165, 1.54) is 0 Å². The van der Waals surface area contributed by atoms with Crippen LogP contribution in [0.15, 0.2) is 42.0 Å². The van der Waals surface area contributed by atoms with Crippen molar-refractivity contribution in [1.82, 2.24) is 9.97 Å². The van der Waals surface area contributed by atoms with Crippen LogP contribution in [0, 0.1) is 0 Å². The molecule has 3 heterocycles. The number of aromatic nitrogens is 2. The van der Waals surface area contributed by atoms with Gasteiger partial charge in [-0.1, -0.05) is 12.1 Å². The summed E-state index contributed by atoms with van der Waals surface area (Å²) in [4.78, 5) is 11.8. The Hall–Kier alpha value is -2.34. The van der Waals surface area contributed by atoms with Crippen LogP contribution in [0.25, 0.3) is 10.2 Å². The normalized spacial score (nSPS) is 16.7. The van der Waals surface area contributed by atoms with Crippen LogP contribution in [0.2, 0.25) is 0 Å². The summed E-state index contributed by atoms with van der Waals surface area (Å²) < 4.78 is 11.8. The second-order valence-corrected chi connectivity index (χ2v) is 6.11. The predicted octanol–water partition coefficient (Wildman–Crippen LogP) is 2.97. The Morgan fingerprint density at radius 3 is 3.00 bits per heavy atom. The molecule has 112 valence electrons. The number of hydrogen-bond acceptors (Lipinski definition) is 6. The molecule has 0 unspecified atom stereocenters. The summed E-state index contributed by atoms with van der Waals surface area (Å²) in [5, 5.41) is 3.11. The van der Waals surface area contributed by atoms with Crippen LogP contribution in [-0.2, 0) is 0 Å². The smallest absolute Gasteiger partial charge is 0.161 e. The molecule has 2 aromatic heterocycles. The lowest BCUT2D eigenvalue weighted by Gasteiger charge is -2.30. The highest BCUT2D eigenvalue weighted by Crippen LogP contribution is 2.32. The molecule has 3 aromatic rings. The van der Waals surface area contributed by atoms with Crippen molar-refractivity contribution in [2.24, 2.45) is 0 Å². The minimum absolute atomic E-state index is 0.0245. The SMILES string of the molecule is CN(C[C@H]1COc2ccccc2O1)c1ncnc2sccc12. The lowest BCUT2D eigenvalue weighted by Crippen LogP contribution is -2.39. The third-order valence-electron chi connectivity index (χ3n) is 3.65. The lowest BCUT2D eigenvalue weighted by molar-refractivity contribution is 0.0960. The Morgan fingerprint density at radius 1 is 1.23 bits per heavy atom. The van der Waals surface area contributed by atoms with Gasteiger partial charge in [0.05, 0.1) is 11.9 Å². The Labute approximate surface area is 132 Å². The quantitative estimate of drug-likeness (QED) is 0.744. The number of hydrogen-bond donors (Lipinski definition) is 0. The van der Waals surface area contributed by atoms with Crippen molar-refractivity contribution < 1.29 is 9.47 Å². The molecule has 0 radical (unpaired) electrons. The molecule has 1 aromatic carbocycles. The number of nitrogens with zero attached hydrogens (tertiary/aromatic N) is 3. The average Bonchev–Trinajstić information content (AvgIpc) is 3.03. The summed E-state index contributed by atoms with van der Waals surface area (Å²) in [7, 11) is 2.02. The summed E-state index contributed by atoms with van der Waals surface area (Å²) in [6.45, 7) is 1.25. The summed E-state index contributed by atoms with van der Waals surface area (Å²) in [5.74, 6) is 2.54. The van der Waals surface area contributed by atoms with Crippen LogP contribution in [0.4, 0.5) is 5.82 Å². The van der Waals surface area contributed by atoms with Crippen molar-refractivity contribution in [2.45, 2.75) is 6.10 Å². The zero-order chi connectivity index (χ0) is 14.9. The van der Waals surface area contributed by atoms with Crippen LogP contribution in [0.1, 0.15) is 0 Å². The molecule has 1 aliphatic rings. The maximum atomic E-state index is 6.01. The van der Waals surface area contributed by atoms with Crippen molar-refractivity contribution >= 4 is 27.4 Å². The van der Waals surface area contributed by atoms with Gasteiger partial charge in [-0.2, -0.15) is 0 Å². The van der Waals surface area contributed by atoms with E-state index in [4.69, 9.17) is 9.47 Å². The van der Waals surface area contributed by atoms with Crippen LogP contribution in [-0.4, -0.2) is 36.3 Å². The van der Waals surface area contributed by atoms with E-state index in [0.717, 1.165) is 27.5 Å². The van der Waals surface area contributed by atoms with Crippen LogP contribution in [0.3, 0.4) is 0 Å². The molecule has 0 N–H and O–H groups in total. The minimum Gasteiger partial charge on any atom is -0.486 e. The highest BCUT2D eigenvalue weighted by atomic mass is 32.1. The van der Waals surface area contributed by atoms with E-state index in [1.54, 1.807) is 17.7 Å². The van der Waals surface area contributed by atoms with Gasteiger partial charge in [-0.25, -0.2) is 9.97 Å². The summed E-state index contributed by atoms with van der Waals surface area (Å²) in [6, 6.07) is 9.81. The number of benzene rings is 1. The number of rotatable bonds is 3. The molecule has 0 saturated heterocycles. The van der Waals surface area contributed by atoms with Gasteiger partial charge in [-0.3, -0.25) is 0 Å². The summed E-state index contributed by atoms with van der Waals surface area (Å²) in [6.07, 6.45) is 1.58. The molecule has 1 aliphatic heterocycles. The minimum atomic E-state index is -0.0245. The Kier molecular flexibility index (Phi) is 3.31. The molecule has 0 bridgehead atoms. The molecule has 0 aliphatic carbocycles. The lowest BCUT2D eigenvalue weighted by atomic mass is 10.2. The van der Waals surface area contributed by atoms with Crippen molar-refractivity contribution in [3.05, 3.63) is 42.0 Å². The van der Waals surface area contributed by atoms with Gasteiger partial charge in [0.1, 0.15) is 23.6 Å². The molecule has 22 heavy (non-hydrogen) atoms. The Balaban J connectivity index is 1.53. The summed E-state index contributed by atoms with van der Waals surface area (Å²) >= 11 is 1.62. The van der Waals surface area contributed by atoms with Crippen molar-refractivity contribution in [1.29, 1.82) is 0 Å². The number of fused-ring (bicyclic) bond motifs is 2. The third kappa shape index (κ3) is 2.35.